The van der Waals surface area contributed by atoms with Crippen LogP contribution in [0.3, 0.4) is 0 Å². The highest BCUT2D eigenvalue weighted by Gasteiger charge is 2.05. The highest BCUT2D eigenvalue weighted by molar-refractivity contribution is 6.04. The van der Waals surface area contributed by atoms with Crippen LogP contribution in [0.4, 0.5) is 10.1 Å². The second-order valence-electron chi connectivity index (χ2n) is 3.74. The minimum Gasteiger partial charge on any atom is -0.321 e. The number of carbonyl (C=O) groups is 1. The van der Waals surface area contributed by atoms with Gasteiger partial charge < -0.3 is 5.32 Å². The van der Waals surface area contributed by atoms with Crippen molar-refractivity contribution < 1.29 is 9.18 Å². The van der Waals surface area contributed by atoms with E-state index in [4.69, 9.17) is 0 Å². The molecule has 0 bridgehead atoms. The first-order valence-corrected chi connectivity index (χ1v) is 5.20. The van der Waals surface area contributed by atoms with E-state index < -0.39 is 0 Å². The smallest absolute Gasteiger partial charge is 0.255 e. The molecule has 0 atom stereocenters. The fourth-order valence-corrected chi connectivity index (χ4v) is 1.45. The number of benzene rings is 2. The third-order valence-corrected chi connectivity index (χ3v) is 2.31. The van der Waals surface area contributed by atoms with Gasteiger partial charge in [0, 0.05) is 17.3 Å². The molecule has 0 saturated heterocycles. The Morgan fingerprint density at radius 3 is 2.59 bits per heavy atom. The summed E-state index contributed by atoms with van der Waals surface area (Å²) in [6.45, 7) is 1.93. The summed E-state index contributed by atoms with van der Waals surface area (Å²) in [6, 6.07) is 13.8. The van der Waals surface area contributed by atoms with Gasteiger partial charge in [0.1, 0.15) is 5.82 Å². The standard InChI is InChI=1S/C14H11FNO/c1-10-3-2-4-13(9-10)16-14(17)11-5-7-12(15)8-6-11/h2-3,5-9H,1H3,(H,16,17). The molecule has 0 aliphatic heterocycles. The molecule has 0 spiro atoms. The number of amides is 1. The third-order valence-electron chi connectivity index (χ3n) is 2.31. The molecule has 2 aromatic carbocycles. The second kappa shape index (κ2) is 4.78. The van der Waals surface area contributed by atoms with E-state index in [9.17, 15) is 9.18 Å². The molecule has 0 aliphatic rings. The topological polar surface area (TPSA) is 29.1 Å². The van der Waals surface area contributed by atoms with Gasteiger partial charge in [-0.15, -0.1) is 0 Å². The van der Waals surface area contributed by atoms with Gasteiger partial charge in [-0.2, -0.15) is 0 Å². The van der Waals surface area contributed by atoms with E-state index in [0.29, 0.717) is 11.3 Å². The highest BCUT2D eigenvalue weighted by atomic mass is 19.1. The van der Waals surface area contributed by atoms with Crippen molar-refractivity contribution in [2.45, 2.75) is 6.92 Å². The van der Waals surface area contributed by atoms with Gasteiger partial charge in [-0.25, -0.2) is 4.39 Å². The van der Waals surface area contributed by atoms with Crippen LogP contribution in [-0.2, 0) is 0 Å². The number of nitrogens with one attached hydrogen (secondary N) is 1. The minimum atomic E-state index is -0.358. The summed E-state index contributed by atoms with van der Waals surface area (Å²) in [5.41, 5.74) is 2.07. The van der Waals surface area contributed by atoms with Crippen LogP contribution in [0.15, 0.2) is 42.5 Å². The lowest BCUT2D eigenvalue weighted by Crippen LogP contribution is -2.11. The Balaban J connectivity index is 2.14. The number of hydrogen-bond donors (Lipinski definition) is 1. The Bertz CT molecular complexity index is 534. The molecule has 2 rings (SSSR count). The molecule has 17 heavy (non-hydrogen) atoms. The molecule has 1 amide bonds. The predicted octanol–water partition coefficient (Wildman–Crippen LogP) is 3.19. The molecule has 3 heteroatoms. The molecule has 0 fully saturated rings. The molecular formula is C14H11FNO. The van der Waals surface area contributed by atoms with Gasteiger partial charge in [-0.3, -0.25) is 4.79 Å². The zero-order chi connectivity index (χ0) is 12.3. The average Bonchev–Trinajstić information content (AvgIpc) is 2.29. The average molecular weight is 228 g/mol. The fourth-order valence-electron chi connectivity index (χ4n) is 1.45. The molecule has 1 radical (unpaired) electrons. The lowest BCUT2D eigenvalue weighted by Gasteiger charge is -2.05. The summed E-state index contributed by atoms with van der Waals surface area (Å²) in [6.07, 6.45) is 0. The minimum absolute atomic E-state index is 0.271. The van der Waals surface area contributed by atoms with Crippen molar-refractivity contribution in [2.75, 3.05) is 5.32 Å². The lowest BCUT2D eigenvalue weighted by molar-refractivity contribution is 0.102. The van der Waals surface area contributed by atoms with Crippen LogP contribution in [0.5, 0.6) is 0 Å². The van der Waals surface area contributed by atoms with Crippen LogP contribution in [0, 0.1) is 18.8 Å². The quantitative estimate of drug-likeness (QED) is 0.840. The Kier molecular flexibility index (Phi) is 3.19. The van der Waals surface area contributed by atoms with Gasteiger partial charge in [0.2, 0.25) is 0 Å². The van der Waals surface area contributed by atoms with E-state index >= 15 is 0 Å². The van der Waals surface area contributed by atoms with Gasteiger partial charge in [-0.1, -0.05) is 12.1 Å². The highest BCUT2D eigenvalue weighted by Crippen LogP contribution is 2.11. The Labute approximate surface area is 99.1 Å². The fraction of sp³-hybridized carbons (Fsp3) is 0.0714. The molecule has 0 unspecified atom stereocenters. The summed E-state index contributed by atoms with van der Waals surface area (Å²) >= 11 is 0. The van der Waals surface area contributed by atoms with Crippen molar-refractivity contribution in [3.8, 4) is 0 Å². The normalized spacial score (nSPS) is 10.0. The molecule has 2 nitrogen and oxygen atoms in total. The number of rotatable bonds is 2. The maximum Gasteiger partial charge on any atom is 0.255 e. The second-order valence-corrected chi connectivity index (χ2v) is 3.74. The van der Waals surface area contributed by atoms with Crippen LogP contribution >= 0.6 is 0 Å². The molecule has 0 saturated carbocycles. The van der Waals surface area contributed by atoms with Gasteiger partial charge in [-0.05, 0) is 42.8 Å². The summed E-state index contributed by atoms with van der Waals surface area (Å²) in [4.78, 5) is 11.8. The molecular weight excluding hydrogens is 217 g/mol. The zero-order valence-corrected chi connectivity index (χ0v) is 9.33. The van der Waals surface area contributed by atoms with Crippen molar-refractivity contribution in [2.24, 2.45) is 0 Å². The number of carbonyl (C=O) groups excluding carboxylic acids is 1. The number of halogens is 1. The number of aryl methyl sites for hydroxylation is 1. The van der Waals surface area contributed by atoms with Crippen LogP contribution < -0.4 is 5.32 Å². The molecule has 1 N–H and O–H groups in total. The van der Waals surface area contributed by atoms with Crippen molar-refractivity contribution in [3.05, 3.63) is 65.5 Å². The monoisotopic (exact) mass is 228 g/mol. The lowest BCUT2D eigenvalue weighted by atomic mass is 10.2. The Hall–Kier alpha value is -2.16. The maximum atomic E-state index is 12.7. The molecule has 0 heterocycles. The summed E-state index contributed by atoms with van der Waals surface area (Å²) in [7, 11) is 0. The molecule has 0 aromatic heterocycles. The predicted molar refractivity (Wildman–Crippen MR) is 64.4 cm³/mol. The van der Waals surface area contributed by atoms with E-state index in [2.05, 4.69) is 11.4 Å². The van der Waals surface area contributed by atoms with E-state index in [1.807, 2.05) is 19.1 Å². The van der Waals surface area contributed by atoms with Crippen LogP contribution in [-0.4, -0.2) is 5.91 Å². The number of anilines is 1. The van der Waals surface area contributed by atoms with Crippen LogP contribution in [0.1, 0.15) is 15.9 Å². The van der Waals surface area contributed by atoms with Gasteiger partial charge in [0.05, 0.1) is 0 Å². The van der Waals surface area contributed by atoms with Crippen LogP contribution in [0.2, 0.25) is 0 Å². The van der Waals surface area contributed by atoms with E-state index in [1.165, 1.54) is 24.3 Å². The van der Waals surface area contributed by atoms with Crippen molar-refractivity contribution in [3.63, 3.8) is 0 Å². The summed E-state index contributed by atoms with van der Waals surface area (Å²) in [5.74, 6) is -0.629. The number of hydrogen-bond acceptors (Lipinski definition) is 1. The first-order chi connectivity index (χ1) is 8.15. The van der Waals surface area contributed by atoms with Crippen molar-refractivity contribution in [1.82, 2.24) is 0 Å². The van der Waals surface area contributed by atoms with Gasteiger partial charge >= 0.3 is 0 Å². The summed E-state index contributed by atoms with van der Waals surface area (Å²) < 4.78 is 12.7. The zero-order valence-electron chi connectivity index (χ0n) is 9.33. The first-order valence-electron chi connectivity index (χ1n) is 5.20. The van der Waals surface area contributed by atoms with E-state index in [-0.39, 0.29) is 11.7 Å². The molecule has 2 aromatic rings. The van der Waals surface area contributed by atoms with E-state index in [1.54, 1.807) is 6.07 Å². The van der Waals surface area contributed by atoms with Gasteiger partial charge in [0.25, 0.3) is 5.91 Å². The van der Waals surface area contributed by atoms with E-state index in [0.717, 1.165) is 5.56 Å². The largest absolute Gasteiger partial charge is 0.321 e. The molecule has 0 aliphatic carbocycles. The Morgan fingerprint density at radius 2 is 1.94 bits per heavy atom. The maximum absolute atomic E-state index is 12.7. The first kappa shape index (κ1) is 11.3. The van der Waals surface area contributed by atoms with Crippen molar-refractivity contribution >= 4 is 11.6 Å². The SMILES string of the molecule is Cc1cc[c]c(NC(=O)c2ccc(F)cc2)c1. The third kappa shape index (κ3) is 2.91. The van der Waals surface area contributed by atoms with Crippen LogP contribution in [0.25, 0.3) is 0 Å². The van der Waals surface area contributed by atoms with Gasteiger partial charge in [0.15, 0.2) is 0 Å². The van der Waals surface area contributed by atoms with Crippen molar-refractivity contribution in [1.29, 1.82) is 0 Å². The Morgan fingerprint density at radius 1 is 1.24 bits per heavy atom. The molecule has 85 valence electrons. The summed E-state index contributed by atoms with van der Waals surface area (Å²) in [5, 5.41) is 2.70.